The van der Waals surface area contributed by atoms with Crippen LogP contribution in [0.2, 0.25) is 0 Å². The van der Waals surface area contributed by atoms with Gasteiger partial charge in [0.25, 0.3) is 0 Å². The van der Waals surface area contributed by atoms with Gasteiger partial charge < -0.3 is 24.8 Å². The molecule has 4 fully saturated rings. The van der Waals surface area contributed by atoms with E-state index in [1.807, 2.05) is 31.2 Å². The van der Waals surface area contributed by atoms with Crippen molar-refractivity contribution in [3.63, 3.8) is 0 Å². The molecule has 3 aromatic carbocycles. The molecule has 2 amide bonds. The van der Waals surface area contributed by atoms with E-state index in [0.29, 0.717) is 45.3 Å². The molecule has 5 aromatic rings. The fraction of sp³-hybridized carbons (Fsp3) is 0.449. The van der Waals surface area contributed by atoms with Crippen LogP contribution in [0.5, 0.6) is 5.75 Å². The van der Waals surface area contributed by atoms with Crippen LogP contribution in [-0.2, 0) is 20.6 Å². The maximum atomic E-state index is 15.2. The van der Waals surface area contributed by atoms with Gasteiger partial charge in [0.05, 0.1) is 34.4 Å². The summed E-state index contributed by atoms with van der Waals surface area (Å²) in [5.41, 5.74) is 5.93. The van der Waals surface area contributed by atoms with Crippen LogP contribution in [0.4, 0.5) is 37.6 Å². The zero-order valence-corrected chi connectivity index (χ0v) is 40.6. The van der Waals surface area contributed by atoms with Gasteiger partial charge in [0.2, 0.25) is 17.8 Å². The summed E-state index contributed by atoms with van der Waals surface area (Å²) >= 11 is 3.62. The molecule has 0 radical (unpaired) electrons. The molecule has 4 aliphatic rings. The van der Waals surface area contributed by atoms with Crippen LogP contribution in [-0.4, -0.2) is 108 Å². The fourth-order valence-electron chi connectivity index (χ4n) is 10.4. The molecule has 3 saturated heterocycles. The second-order valence-electron chi connectivity index (χ2n) is 18.5. The predicted octanol–water partition coefficient (Wildman–Crippen LogP) is 8.73. The van der Waals surface area contributed by atoms with Crippen molar-refractivity contribution in [3.05, 3.63) is 93.2 Å². The molecular weight excluding hydrogens is 927 g/mol. The Morgan fingerprint density at radius 3 is 2.23 bits per heavy atom. The molecule has 0 bridgehead atoms. The van der Waals surface area contributed by atoms with Crippen molar-refractivity contribution < 1.29 is 27.7 Å². The van der Waals surface area contributed by atoms with Crippen LogP contribution < -0.4 is 30.9 Å². The highest BCUT2D eigenvalue weighted by Gasteiger charge is 2.39. The van der Waals surface area contributed by atoms with Crippen LogP contribution in [0.25, 0.3) is 10.9 Å². The largest absolute Gasteiger partial charge is 0.494 e. The third-order valence-electron chi connectivity index (χ3n) is 14.0. The number of amides is 2. The predicted molar refractivity (Wildman–Crippen MR) is 260 cm³/mol. The van der Waals surface area contributed by atoms with Crippen molar-refractivity contribution in [2.24, 2.45) is 0 Å². The fourth-order valence-corrected chi connectivity index (χ4v) is 12.2. The molecule has 9 rings (SSSR count). The van der Waals surface area contributed by atoms with Gasteiger partial charge in [-0.3, -0.25) is 29.7 Å². The Balaban J connectivity index is 0.797. The molecule has 5 heterocycles. The molecule has 3 aliphatic heterocycles. The van der Waals surface area contributed by atoms with Crippen LogP contribution in [0.15, 0.2) is 59.2 Å². The summed E-state index contributed by atoms with van der Waals surface area (Å²) in [6, 6.07) is 15.7. The molecule has 66 heavy (non-hydrogen) atoms. The lowest BCUT2D eigenvalue weighted by atomic mass is 9.74. The smallest absolute Gasteiger partial charge is 0.234 e. The number of aromatic nitrogens is 3. The molecule has 0 spiro atoms. The molecule has 2 aromatic heterocycles. The third-order valence-corrected chi connectivity index (χ3v) is 16.1. The van der Waals surface area contributed by atoms with Gasteiger partial charge in [0, 0.05) is 97.7 Å². The van der Waals surface area contributed by atoms with E-state index >= 15 is 8.78 Å². The average molecular weight is 985 g/mol. The molecule has 1 aliphatic carbocycles. The van der Waals surface area contributed by atoms with Gasteiger partial charge in [0.1, 0.15) is 30.3 Å². The van der Waals surface area contributed by atoms with E-state index in [-0.39, 0.29) is 24.3 Å². The van der Waals surface area contributed by atoms with E-state index < -0.39 is 36.5 Å². The molecule has 348 valence electrons. The van der Waals surface area contributed by atoms with Gasteiger partial charge in [-0.25, -0.2) is 13.8 Å². The number of ether oxygens (including phenoxy) is 1. The number of carbonyl (C=O) groups excluding carboxylic acids is 2. The maximum Gasteiger partial charge on any atom is 0.234 e. The third kappa shape index (κ3) is 9.43. The minimum absolute atomic E-state index is 0.0727. The number of aryl methyl sites for hydroxylation is 2. The molecule has 3 N–H and O–H groups in total. The highest BCUT2D eigenvalue weighted by Crippen LogP contribution is 2.44. The number of piperidine rings is 2. The van der Waals surface area contributed by atoms with E-state index in [4.69, 9.17) is 9.72 Å². The number of carbonyl (C=O) groups is 2. The van der Waals surface area contributed by atoms with Crippen LogP contribution in [0.1, 0.15) is 79.7 Å². The average Bonchev–Trinajstić information content (AvgIpc) is 3.27. The van der Waals surface area contributed by atoms with E-state index in [1.165, 1.54) is 23.4 Å². The first-order valence-corrected chi connectivity index (χ1v) is 26.4. The normalized spacial score (nSPS) is 21.2. The number of methoxy groups -OCH3 is 1. The van der Waals surface area contributed by atoms with Crippen LogP contribution >= 0.6 is 23.1 Å². The van der Waals surface area contributed by atoms with Gasteiger partial charge in [-0.15, -0.1) is 0 Å². The Morgan fingerprint density at radius 1 is 0.879 bits per heavy atom. The molecule has 13 nitrogen and oxygen atoms in total. The number of fused-ring (bicyclic) bond motifs is 1. The van der Waals surface area contributed by atoms with Crippen molar-refractivity contribution in [2.75, 3.05) is 75.2 Å². The SMILES string of the molecule is CCc1cc(Nc2ncc(Br)c(Nc3ccc4nc(C)ccc4c3P(C)(C)=O)n2)c(OC)cc1N1CCC(N2CCN([C@H]3C[C@@H](c4cc(F)c(C5CCC(=O)NC5=O)c(F)c4)C3)CC2)CC1. The first kappa shape index (κ1) is 46.1. The Labute approximate surface area is 393 Å². The number of hydrogen-bond acceptors (Lipinski definition) is 12. The number of piperazine rings is 1. The Hall–Kier alpha value is -5.02. The number of pyridine rings is 1. The van der Waals surface area contributed by atoms with Gasteiger partial charge in [-0.05, 0) is 128 Å². The van der Waals surface area contributed by atoms with E-state index in [9.17, 15) is 14.2 Å². The lowest BCUT2D eigenvalue weighted by molar-refractivity contribution is -0.134. The van der Waals surface area contributed by atoms with E-state index in [1.54, 1.807) is 26.6 Å². The number of hydrogen-bond donors (Lipinski definition) is 3. The highest BCUT2D eigenvalue weighted by molar-refractivity contribution is 9.10. The van der Waals surface area contributed by atoms with Gasteiger partial charge >= 0.3 is 0 Å². The van der Waals surface area contributed by atoms with Gasteiger partial charge in [-0.2, -0.15) is 4.98 Å². The number of benzene rings is 3. The molecule has 17 heteroatoms. The topological polar surface area (TPSA) is 145 Å². The van der Waals surface area contributed by atoms with Crippen molar-refractivity contribution in [1.82, 2.24) is 30.1 Å². The summed E-state index contributed by atoms with van der Waals surface area (Å²) in [7, 11) is -1.06. The van der Waals surface area contributed by atoms with Crippen LogP contribution in [0, 0.1) is 18.6 Å². The minimum Gasteiger partial charge on any atom is -0.494 e. The summed E-state index contributed by atoms with van der Waals surface area (Å²) in [6.45, 7) is 13.5. The Kier molecular flexibility index (Phi) is 13.2. The number of imide groups is 1. The second kappa shape index (κ2) is 18.9. The second-order valence-corrected chi connectivity index (χ2v) is 22.5. The lowest BCUT2D eigenvalue weighted by Gasteiger charge is -2.49. The molecular formula is C49H57BrF2N9O4P. The van der Waals surface area contributed by atoms with E-state index in [2.05, 4.69) is 75.6 Å². The van der Waals surface area contributed by atoms with Crippen LogP contribution in [0.3, 0.4) is 0 Å². The minimum atomic E-state index is -2.74. The lowest BCUT2D eigenvalue weighted by Crippen LogP contribution is -2.57. The summed E-state index contributed by atoms with van der Waals surface area (Å²) in [4.78, 5) is 45.6. The number of halogens is 3. The standard InChI is InChI=1S/C49H57BrF2N9O4P/c1-6-29-25-41(56-49-53-27-36(50)47(58-49)55-40-11-10-39-34(8-7-28(2)54-39)46(40)66(4,5)64)43(65-3)26-42(29)61-15-13-32(14-16-61)59-17-19-60(20-18-59)33-21-30(22-33)31-23-37(51)45(38(52)24-31)35-9-12-44(62)57-48(35)63/h7-8,10-11,23-27,30,32-33,35H,6,9,12-22H2,1-5H3,(H,57,62,63)(H2,53,55,56,58)/t30-,33+,35?. The summed E-state index contributed by atoms with van der Waals surface area (Å²) < 4.78 is 50.7. The number of nitrogens with one attached hydrogen (secondary N) is 3. The Morgan fingerprint density at radius 2 is 1.58 bits per heavy atom. The Bertz CT molecular complexity index is 2710. The monoisotopic (exact) mass is 983 g/mol. The molecule has 1 unspecified atom stereocenters. The maximum absolute atomic E-state index is 15.2. The zero-order valence-electron chi connectivity index (χ0n) is 38.1. The van der Waals surface area contributed by atoms with Gasteiger partial charge in [0.15, 0.2) is 0 Å². The van der Waals surface area contributed by atoms with Crippen molar-refractivity contribution in [2.45, 2.75) is 82.7 Å². The molecule has 1 saturated carbocycles. The first-order chi connectivity index (χ1) is 31.7. The summed E-state index contributed by atoms with van der Waals surface area (Å²) in [5, 5.41) is 10.6. The van der Waals surface area contributed by atoms with Crippen molar-refractivity contribution >= 4 is 79.9 Å². The summed E-state index contributed by atoms with van der Waals surface area (Å²) in [5.74, 6) is -1.76. The summed E-state index contributed by atoms with van der Waals surface area (Å²) in [6.07, 6.45) is 6.54. The quantitative estimate of drug-likeness (QED) is 0.0813. The van der Waals surface area contributed by atoms with Crippen molar-refractivity contribution in [1.29, 1.82) is 0 Å². The number of nitrogens with zero attached hydrogens (tertiary/aromatic N) is 6. The number of rotatable bonds is 12. The van der Waals surface area contributed by atoms with Gasteiger partial charge in [-0.1, -0.05) is 13.0 Å². The number of anilines is 5. The molecule has 1 atom stereocenters. The highest BCUT2D eigenvalue weighted by atomic mass is 79.9. The first-order valence-electron chi connectivity index (χ1n) is 23.0. The van der Waals surface area contributed by atoms with E-state index in [0.717, 1.165) is 99.0 Å². The zero-order chi connectivity index (χ0) is 46.4. The van der Waals surface area contributed by atoms with Crippen molar-refractivity contribution in [3.8, 4) is 5.75 Å².